The highest BCUT2D eigenvalue weighted by Crippen LogP contribution is 2.01. The Bertz CT molecular complexity index is 301. The van der Waals surface area contributed by atoms with Gasteiger partial charge in [-0.3, -0.25) is 9.59 Å². The van der Waals surface area contributed by atoms with Crippen LogP contribution in [0.3, 0.4) is 0 Å². The molecule has 0 fully saturated rings. The lowest BCUT2D eigenvalue weighted by Gasteiger charge is -2.13. The second-order valence-corrected chi connectivity index (χ2v) is 4.48. The van der Waals surface area contributed by atoms with E-state index in [1.54, 1.807) is 0 Å². The van der Waals surface area contributed by atoms with Crippen molar-refractivity contribution in [2.75, 3.05) is 6.54 Å². The van der Waals surface area contributed by atoms with Crippen molar-refractivity contribution in [3.05, 3.63) is 25.4 Å². The fourth-order valence-corrected chi connectivity index (χ4v) is 1.74. The Morgan fingerprint density at radius 1 is 1.21 bits per heavy atom. The van der Waals surface area contributed by atoms with Crippen molar-refractivity contribution in [2.24, 2.45) is 0 Å². The van der Waals surface area contributed by atoms with Gasteiger partial charge >= 0.3 is 0 Å². The highest BCUT2D eigenvalue weighted by atomic mass is 16.1. The highest BCUT2D eigenvalue weighted by Gasteiger charge is 2.15. The number of ketones is 1. The monoisotopic (exact) mass is 266 g/mol. The summed E-state index contributed by atoms with van der Waals surface area (Å²) in [6, 6.07) is -0.402. The molecule has 0 heterocycles. The number of amides is 1. The Morgan fingerprint density at radius 3 is 2.53 bits per heavy atom. The molecule has 4 nitrogen and oxygen atoms in total. The van der Waals surface area contributed by atoms with E-state index in [1.807, 2.05) is 0 Å². The first kappa shape index (κ1) is 17.4. The standard InChI is InChI=1S/C15H26N2O2/c1-4-7-8-9-12-17-15(19)11-10-13(16-6-3)14(18)5-2/h5-6,13,16H,2-4,7-12H2,1H3,(H,17,19)/t13-/m0/s1. The third kappa shape index (κ3) is 9.05. The number of rotatable bonds is 12. The molecule has 0 saturated heterocycles. The van der Waals surface area contributed by atoms with Crippen molar-refractivity contribution in [3.8, 4) is 0 Å². The van der Waals surface area contributed by atoms with E-state index in [4.69, 9.17) is 0 Å². The lowest BCUT2D eigenvalue weighted by atomic mass is 10.1. The summed E-state index contributed by atoms with van der Waals surface area (Å²) in [6.45, 7) is 9.84. The molecule has 0 unspecified atom stereocenters. The van der Waals surface area contributed by atoms with Gasteiger partial charge in [-0.1, -0.05) is 39.3 Å². The van der Waals surface area contributed by atoms with Gasteiger partial charge in [0.25, 0.3) is 0 Å². The summed E-state index contributed by atoms with van der Waals surface area (Å²) in [5, 5.41) is 5.70. The van der Waals surface area contributed by atoms with Crippen LogP contribution in [0.15, 0.2) is 25.4 Å². The summed E-state index contributed by atoms with van der Waals surface area (Å²) in [4.78, 5) is 23.1. The van der Waals surface area contributed by atoms with Gasteiger partial charge in [0.2, 0.25) is 5.91 Å². The van der Waals surface area contributed by atoms with Crippen molar-refractivity contribution < 1.29 is 9.59 Å². The first-order valence-corrected chi connectivity index (χ1v) is 6.95. The molecule has 0 spiro atoms. The summed E-state index contributed by atoms with van der Waals surface area (Å²) < 4.78 is 0. The first-order chi connectivity index (χ1) is 9.15. The van der Waals surface area contributed by atoms with Gasteiger partial charge in [-0.25, -0.2) is 0 Å². The zero-order valence-electron chi connectivity index (χ0n) is 11.9. The predicted molar refractivity (Wildman–Crippen MR) is 78.7 cm³/mol. The van der Waals surface area contributed by atoms with Crippen LogP contribution in [0, 0.1) is 0 Å². The predicted octanol–water partition coefficient (Wildman–Crippen LogP) is 2.32. The average Bonchev–Trinajstić information content (AvgIpc) is 2.42. The largest absolute Gasteiger partial charge is 0.381 e. The van der Waals surface area contributed by atoms with Crippen LogP contribution in [0.1, 0.15) is 45.4 Å². The number of hydrogen-bond acceptors (Lipinski definition) is 3. The molecule has 0 bridgehead atoms. The molecule has 0 saturated carbocycles. The Labute approximate surface area is 116 Å². The maximum absolute atomic E-state index is 11.6. The fourth-order valence-electron chi connectivity index (χ4n) is 1.74. The van der Waals surface area contributed by atoms with Gasteiger partial charge in [0, 0.05) is 13.0 Å². The van der Waals surface area contributed by atoms with Crippen LogP contribution in [0.25, 0.3) is 0 Å². The molecule has 1 amide bonds. The van der Waals surface area contributed by atoms with Gasteiger partial charge in [0.1, 0.15) is 0 Å². The van der Waals surface area contributed by atoms with Crippen molar-refractivity contribution in [1.82, 2.24) is 10.6 Å². The molecule has 1 atom stereocenters. The zero-order valence-corrected chi connectivity index (χ0v) is 11.9. The Kier molecular flexibility index (Phi) is 10.6. The Balaban J connectivity index is 3.82. The second-order valence-electron chi connectivity index (χ2n) is 4.48. The number of nitrogens with one attached hydrogen (secondary N) is 2. The SMILES string of the molecule is C=CN[C@@H](CCC(=O)NCCCCCC)C(=O)C=C. The van der Waals surface area contributed by atoms with Gasteiger partial charge in [0.05, 0.1) is 6.04 Å². The van der Waals surface area contributed by atoms with E-state index in [0.29, 0.717) is 19.4 Å². The van der Waals surface area contributed by atoms with Crippen LogP contribution in [0.5, 0.6) is 0 Å². The highest BCUT2D eigenvalue weighted by molar-refractivity contribution is 5.94. The minimum Gasteiger partial charge on any atom is -0.381 e. The molecule has 0 aromatic rings. The quantitative estimate of drug-likeness (QED) is 0.421. The van der Waals surface area contributed by atoms with Gasteiger partial charge in [0.15, 0.2) is 5.78 Å². The van der Waals surface area contributed by atoms with E-state index in [9.17, 15) is 9.59 Å². The van der Waals surface area contributed by atoms with E-state index in [0.717, 1.165) is 12.8 Å². The van der Waals surface area contributed by atoms with Crippen LogP contribution in [0.4, 0.5) is 0 Å². The van der Waals surface area contributed by atoms with Crippen molar-refractivity contribution >= 4 is 11.7 Å². The topological polar surface area (TPSA) is 58.2 Å². The van der Waals surface area contributed by atoms with E-state index in [1.165, 1.54) is 25.1 Å². The minimum atomic E-state index is -0.402. The van der Waals surface area contributed by atoms with Crippen molar-refractivity contribution in [3.63, 3.8) is 0 Å². The number of carbonyl (C=O) groups is 2. The summed E-state index contributed by atoms with van der Waals surface area (Å²) in [5.74, 6) is -0.125. The minimum absolute atomic E-state index is 0.00998. The Hall–Kier alpha value is -1.58. The molecule has 2 N–H and O–H groups in total. The van der Waals surface area contributed by atoms with E-state index in [-0.39, 0.29) is 11.7 Å². The lowest BCUT2D eigenvalue weighted by Crippen LogP contribution is -2.34. The van der Waals surface area contributed by atoms with Gasteiger partial charge in [-0.05, 0) is 25.1 Å². The Morgan fingerprint density at radius 2 is 1.95 bits per heavy atom. The average molecular weight is 266 g/mol. The molecule has 0 aliphatic heterocycles. The number of hydrogen-bond donors (Lipinski definition) is 2. The van der Waals surface area contributed by atoms with Crippen molar-refractivity contribution in [1.29, 1.82) is 0 Å². The van der Waals surface area contributed by atoms with Gasteiger partial charge in [-0.2, -0.15) is 0 Å². The molecule has 0 rings (SSSR count). The molecule has 0 radical (unpaired) electrons. The normalized spacial score (nSPS) is 11.4. The van der Waals surface area contributed by atoms with E-state index < -0.39 is 6.04 Å². The maximum Gasteiger partial charge on any atom is 0.220 e. The molecule has 0 aliphatic rings. The van der Waals surface area contributed by atoms with Crippen LogP contribution in [0.2, 0.25) is 0 Å². The smallest absolute Gasteiger partial charge is 0.220 e. The molecule has 0 aliphatic carbocycles. The third-order valence-corrected chi connectivity index (χ3v) is 2.88. The lowest BCUT2D eigenvalue weighted by molar-refractivity contribution is -0.121. The molecular weight excluding hydrogens is 240 g/mol. The summed E-state index contributed by atoms with van der Waals surface area (Å²) in [6.07, 6.45) is 8.07. The molecule has 0 aromatic carbocycles. The van der Waals surface area contributed by atoms with Gasteiger partial charge in [-0.15, -0.1) is 0 Å². The fraction of sp³-hybridized carbons (Fsp3) is 0.600. The van der Waals surface area contributed by atoms with Crippen molar-refractivity contribution in [2.45, 2.75) is 51.5 Å². The molecule has 108 valence electrons. The van der Waals surface area contributed by atoms with Crippen LogP contribution < -0.4 is 10.6 Å². The van der Waals surface area contributed by atoms with Gasteiger partial charge < -0.3 is 10.6 Å². The van der Waals surface area contributed by atoms with E-state index in [2.05, 4.69) is 30.7 Å². The molecule has 19 heavy (non-hydrogen) atoms. The van der Waals surface area contributed by atoms with Crippen LogP contribution >= 0.6 is 0 Å². The third-order valence-electron chi connectivity index (χ3n) is 2.88. The first-order valence-electron chi connectivity index (χ1n) is 6.95. The summed E-state index contributed by atoms with van der Waals surface area (Å²) in [7, 11) is 0. The molecule has 4 heteroatoms. The second kappa shape index (κ2) is 11.5. The summed E-state index contributed by atoms with van der Waals surface area (Å²) >= 11 is 0. The van der Waals surface area contributed by atoms with E-state index >= 15 is 0 Å². The van der Waals surface area contributed by atoms with Crippen LogP contribution in [-0.2, 0) is 9.59 Å². The number of carbonyl (C=O) groups excluding carboxylic acids is 2. The number of unbranched alkanes of at least 4 members (excludes halogenated alkanes) is 3. The van der Waals surface area contributed by atoms with Crippen LogP contribution in [-0.4, -0.2) is 24.3 Å². The summed E-state index contributed by atoms with van der Waals surface area (Å²) in [5.41, 5.74) is 0. The zero-order chi connectivity index (χ0) is 14.5. The molecule has 0 aromatic heterocycles. The molecular formula is C15H26N2O2. The maximum atomic E-state index is 11.6.